The number of aryl methyl sites for hydroxylation is 1. The van der Waals surface area contributed by atoms with E-state index >= 15 is 0 Å². The fourth-order valence-corrected chi connectivity index (χ4v) is 2.23. The van der Waals surface area contributed by atoms with E-state index in [0.717, 1.165) is 19.4 Å². The van der Waals surface area contributed by atoms with Crippen LogP contribution in [0.4, 0.5) is 0 Å². The Hall–Kier alpha value is -1.43. The van der Waals surface area contributed by atoms with Crippen molar-refractivity contribution in [3.63, 3.8) is 0 Å². The molecule has 6 nitrogen and oxygen atoms in total. The van der Waals surface area contributed by atoms with Crippen LogP contribution in [0.2, 0.25) is 0 Å². The van der Waals surface area contributed by atoms with Gasteiger partial charge >= 0.3 is 0 Å². The third kappa shape index (κ3) is 3.76. The highest BCUT2D eigenvalue weighted by Gasteiger charge is 2.25. The van der Waals surface area contributed by atoms with E-state index in [0.29, 0.717) is 24.9 Å². The van der Waals surface area contributed by atoms with Crippen molar-refractivity contribution in [2.24, 2.45) is 5.92 Å². The summed E-state index contributed by atoms with van der Waals surface area (Å²) in [5, 5.41) is 3.72. The molecule has 0 saturated carbocycles. The van der Waals surface area contributed by atoms with Gasteiger partial charge in [0, 0.05) is 19.0 Å². The van der Waals surface area contributed by atoms with Crippen LogP contribution < -0.4 is 0 Å². The molecule has 6 heteroatoms. The lowest BCUT2D eigenvalue weighted by Gasteiger charge is -2.33. The molecule has 0 aromatic carbocycles. The Balaban J connectivity index is 1.82. The first-order valence-electron chi connectivity index (χ1n) is 6.76. The van der Waals surface area contributed by atoms with E-state index in [2.05, 4.69) is 10.1 Å². The topological polar surface area (TPSA) is 68.5 Å². The number of rotatable bonds is 4. The average molecular weight is 267 g/mol. The summed E-state index contributed by atoms with van der Waals surface area (Å²) in [6.45, 7) is 7.43. The lowest BCUT2D eigenvalue weighted by Crippen LogP contribution is -2.44. The summed E-state index contributed by atoms with van der Waals surface area (Å²) >= 11 is 0. The number of amides is 1. The molecule has 2 heterocycles. The van der Waals surface area contributed by atoms with Gasteiger partial charge in [0.05, 0.1) is 6.10 Å². The van der Waals surface area contributed by atoms with E-state index in [-0.39, 0.29) is 17.9 Å². The number of likely N-dealkylation sites (tertiary alicyclic amines) is 1. The summed E-state index contributed by atoms with van der Waals surface area (Å²) in [6, 6.07) is 0. The molecule has 0 aliphatic carbocycles. The number of piperidine rings is 1. The maximum Gasteiger partial charge on any atom is 0.252 e. The van der Waals surface area contributed by atoms with Crippen molar-refractivity contribution >= 4 is 5.91 Å². The van der Waals surface area contributed by atoms with E-state index in [1.807, 2.05) is 18.7 Å². The van der Waals surface area contributed by atoms with Gasteiger partial charge in [0.2, 0.25) is 5.91 Å². The summed E-state index contributed by atoms with van der Waals surface area (Å²) < 4.78 is 10.8. The fraction of sp³-hybridized carbons (Fsp3) is 0.769. The van der Waals surface area contributed by atoms with Gasteiger partial charge in [-0.15, -0.1) is 0 Å². The predicted octanol–water partition coefficient (Wildman–Crippen LogP) is 1.54. The molecule has 0 bridgehead atoms. The highest BCUT2D eigenvalue weighted by molar-refractivity contribution is 5.78. The zero-order valence-corrected chi connectivity index (χ0v) is 11.8. The van der Waals surface area contributed by atoms with Gasteiger partial charge in [-0.1, -0.05) is 19.0 Å². The smallest absolute Gasteiger partial charge is 0.252 e. The van der Waals surface area contributed by atoms with Gasteiger partial charge in [-0.3, -0.25) is 4.79 Å². The first-order valence-corrected chi connectivity index (χ1v) is 6.76. The van der Waals surface area contributed by atoms with Crippen molar-refractivity contribution in [2.45, 2.75) is 46.3 Å². The molecular weight excluding hydrogens is 246 g/mol. The van der Waals surface area contributed by atoms with Crippen LogP contribution in [0.5, 0.6) is 0 Å². The number of aromatic nitrogens is 2. The second-order valence-corrected chi connectivity index (χ2v) is 5.25. The van der Waals surface area contributed by atoms with E-state index in [1.165, 1.54) is 0 Å². The van der Waals surface area contributed by atoms with E-state index in [1.54, 1.807) is 6.92 Å². The van der Waals surface area contributed by atoms with Crippen LogP contribution in [-0.4, -0.2) is 40.1 Å². The zero-order chi connectivity index (χ0) is 13.8. The van der Waals surface area contributed by atoms with E-state index < -0.39 is 0 Å². The summed E-state index contributed by atoms with van der Waals surface area (Å²) in [6.07, 6.45) is 2.00. The molecule has 0 N–H and O–H groups in total. The first kappa shape index (κ1) is 14.0. The molecule has 1 aliphatic heterocycles. The summed E-state index contributed by atoms with van der Waals surface area (Å²) in [7, 11) is 0. The number of hydrogen-bond acceptors (Lipinski definition) is 5. The third-order valence-corrected chi connectivity index (χ3v) is 3.20. The second kappa shape index (κ2) is 6.14. The minimum absolute atomic E-state index is 0.0392. The van der Waals surface area contributed by atoms with E-state index in [4.69, 9.17) is 9.26 Å². The van der Waals surface area contributed by atoms with Crippen LogP contribution in [0.15, 0.2) is 4.52 Å². The van der Waals surface area contributed by atoms with Crippen LogP contribution in [0, 0.1) is 12.8 Å². The molecule has 1 aromatic rings. The maximum absolute atomic E-state index is 12.0. The summed E-state index contributed by atoms with van der Waals surface area (Å²) in [5.74, 6) is 1.34. The van der Waals surface area contributed by atoms with Gasteiger partial charge in [0.15, 0.2) is 5.82 Å². The molecule has 0 radical (unpaired) electrons. The Morgan fingerprint density at radius 3 is 3.00 bits per heavy atom. The van der Waals surface area contributed by atoms with Gasteiger partial charge in [-0.2, -0.15) is 4.98 Å². The highest BCUT2D eigenvalue weighted by atomic mass is 16.5. The molecule has 1 unspecified atom stereocenters. The van der Waals surface area contributed by atoms with Crippen LogP contribution >= 0.6 is 0 Å². The van der Waals surface area contributed by atoms with Gasteiger partial charge < -0.3 is 14.2 Å². The Morgan fingerprint density at radius 2 is 2.37 bits per heavy atom. The lowest BCUT2D eigenvalue weighted by atomic mass is 10.1. The van der Waals surface area contributed by atoms with Gasteiger partial charge in [0.25, 0.3) is 5.89 Å². The van der Waals surface area contributed by atoms with Gasteiger partial charge in [-0.25, -0.2) is 0 Å². The zero-order valence-electron chi connectivity index (χ0n) is 11.8. The summed E-state index contributed by atoms with van der Waals surface area (Å²) in [4.78, 5) is 17.9. The lowest BCUT2D eigenvalue weighted by molar-refractivity contribution is -0.139. The minimum Gasteiger partial charge on any atom is -0.367 e. The monoisotopic (exact) mass is 267 g/mol. The van der Waals surface area contributed by atoms with Crippen LogP contribution in [0.25, 0.3) is 0 Å². The standard InChI is InChI=1S/C13H21N3O3/c1-9(2)13(17)16-6-4-5-11(7-16)18-8-12-14-10(3)15-19-12/h9,11H,4-8H2,1-3H3. The largest absolute Gasteiger partial charge is 0.367 e. The number of carbonyl (C=O) groups is 1. The van der Waals surface area contributed by atoms with Crippen molar-refractivity contribution in [1.29, 1.82) is 0 Å². The molecule has 2 rings (SSSR count). The molecular formula is C13H21N3O3. The fourth-order valence-electron chi connectivity index (χ4n) is 2.23. The Kier molecular flexibility index (Phi) is 4.52. The van der Waals surface area contributed by atoms with Crippen molar-refractivity contribution in [2.75, 3.05) is 13.1 Å². The molecule has 106 valence electrons. The first-order chi connectivity index (χ1) is 9.06. The number of carbonyl (C=O) groups excluding carboxylic acids is 1. The maximum atomic E-state index is 12.0. The SMILES string of the molecule is Cc1noc(COC2CCCN(C(=O)C(C)C)C2)n1. The molecule has 1 aliphatic rings. The number of nitrogens with zero attached hydrogens (tertiary/aromatic N) is 3. The van der Waals surface area contributed by atoms with Crippen molar-refractivity contribution < 1.29 is 14.1 Å². The molecule has 1 aromatic heterocycles. The second-order valence-electron chi connectivity index (χ2n) is 5.25. The minimum atomic E-state index is 0.0392. The van der Waals surface area contributed by atoms with Crippen LogP contribution in [0.3, 0.4) is 0 Å². The van der Waals surface area contributed by atoms with Crippen LogP contribution in [0.1, 0.15) is 38.4 Å². The Bertz CT molecular complexity index is 431. The molecule has 1 amide bonds. The normalized spacial score (nSPS) is 20.0. The van der Waals surface area contributed by atoms with Gasteiger partial charge in [0.1, 0.15) is 6.61 Å². The van der Waals surface area contributed by atoms with Crippen molar-refractivity contribution in [3.8, 4) is 0 Å². The van der Waals surface area contributed by atoms with Crippen LogP contribution in [-0.2, 0) is 16.1 Å². The predicted molar refractivity (Wildman–Crippen MR) is 68.3 cm³/mol. The molecule has 1 atom stereocenters. The summed E-state index contributed by atoms with van der Waals surface area (Å²) in [5.41, 5.74) is 0. The number of hydrogen-bond donors (Lipinski definition) is 0. The molecule has 1 fully saturated rings. The Morgan fingerprint density at radius 1 is 1.58 bits per heavy atom. The third-order valence-electron chi connectivity index (χ3n) is 3.20. The molecule has 0 spiro atoms. The molecule has 1 saturated heterocycles. The van der Waals surface area contributed by atoms with Gasteiger partial charge in [-0.05, 0) is 19.8 Å². The number of ether oxygens (including phenoxy) is 1. The quantitative estimate of drug-likeness (QED) is 0.827. The highest BCUT2D eigenvalue weighted by Crippen LogP contribution is 2.16. The molecule has 19 heavy (non-hydrogen) atoms. The average Bonchev–Trinajstić information content (AvgIpc) is 2.81. The van der Waals surface area contributed by atoms with Crippen molar-refractivity contribution in [3.05, 3.63) is 11.7 Å². The Labute approximate surface area is 113 Å². The van der Waals surface area contributed by atoms with E-state index in [9.17, 15) is 4.79 Å². The van der Waals surface area contributed by atoms with Crippen molar-refractivity contribution in [1.82, 2.24) is 15.0 Å².